The van der Waals surface area contributed by atoms with E-state index in [4.69, 9.17) is 23.2 Å². The van der Waals surface area contributed by atoms with E-state index in [2.05, 4.69) is 22.1 Å². The monoisotopic (exact) mass is 533 g/mol. The predicted octanol–water partition coefficient (Wildman–Crippen LogP) is 3.52. The Bertz CT molecular complexity index is 1350. The topological polar surface area (TPSA) is 89.6 Å². The van der Waals surface area contributed by atoms with Crippen molar-refractivity contribution in [1.29, 1.82) is 0 Å². The summed E-state index contributed by atoms with van der Waals surface area (Å²) in [5, 5.41) is 7.70. The van der Waals surface area contributed by atoms with E-state index in [1.54, 1.807) is 18.2 Å². The van der Waals surface area contributed by atoms with Gasteiger partial charge in [-0.15, -0.1) is 0 Å². The molecule has 1 fully saturated rings. The largest absolute Gasteiger partial charge is 0.336 e. The number of piperazine rings is 1. The number of aromatic nitrogens is 2. The van der Waals surface area contributed by atoms with Crippen molar-refractivity contribution in [3.8, 4) is 11.3 Å². The first-order valence-electron chi connectivity index (χ1n) is 11.3. The maximum Gasteiger partial charge on any atom is 0.253 e. The van der Waals surface area contributed by atoms with Gasteiger partial charge in [-0.1, -0.05) is 41.4 Å². The molecule has 0 radical (unpaired) electrons. The Morgan fingerprint density at radius 2 is 1.63 bits per heavy atom. The smallest absolute Gasteiger partial charge is 0.253 e. The zero-order valence-corrected chi connectivity index (χ0v) is 21.5. The van der Waals surface area contributed by atoms with Gasteiger partial charge in [-0.25, -0.2) is 8.42 Å². The zero-order valence-electron chi connectivity index (χ0n) is 19.2. The number of fused-ring (bicyclic) bond motifs is 1. The van der Waals surface area contributed by atoms with Gasteiger partial charge in [0.15, 0.2) is 0 Å². The van der Waals surface area contributed by atoms with Crippen LogP contribution in [0, 0.1) is 0 Å². The maximum absolute atomic E-state index is 13.4. The van der Waals surface area contributed by atoms with Crippen molar-refractivity contribution in [2.75, 3.05) is 39.8 Å². The number of carbonyl (C=O) groups excluding carboxylic acids is 1. The van der Waals surface area contributed by atoms with Crippen LogP contribution >= 0.6 is 23.2 Å². The lowest BCUT2D eigenvalue weighted by atomic mass is 10.0. The third-order valence-electron chi connectivity index (χ3n) is 6.61. The van der Waals surface area contributed by atoms with Crippen LogP contribution < -0.4 is 0 Å². The molecule has 2 aliphatic heterocycles. The normalized spacial score (nSPS) is 17.4. The number of nitrogens with one attached hydrogen (secondary N) is 1. The van der Waals surface area contributed by atoms with Gasteiger partial charge in [0.2, 0.25) is 10.0 Å². The number of benzene rings is 2. The van der Waals surface area contributed by atoms with Crippen LogP contribution in [0.2, 0.25) is 10.0 Å². The molecule has 0 atom stereocenters. The number of H-pyrrole nitrogens is 1. The summed E-state index contributed by atoms with van der Waals surface area (Å²) < 4.78 is 28.1. The molecule has 0 bridgehead atoms. The van der Waals surface area contributed by atoms with Crippen molar-refractivity contribution in [2.24, 2.45) is 0 Å². The minimum Gasteiger partial charge on any atom is -0.336 e. The number of hydrogen-bond donors (Lipinski definition) is 1. The summed E-state index contributed by atoms with van der Waals surface area (Å²) in [7, 11) is -1.85. The number of hydrogen-bond acceptors (Lipinski definition) is 5. The van der Waals surface area contributed by atoms with Gasteiger partial charge in [0, 0.05) is 68.1 Å². The molecule has 0 saturated carbocycles. The SMILES string of the molecule is CN1CCN(C(=O)c2ccc(-c3n[nH]c4c3CN(S(=O)(=O)c3c(Cl)cccc3Cl)CC4)cc2)CC1. The van der Waals surface area contributed by atoms with E-state index in [0.717, 1.165) is 29.9 Å². The highest BCUT2D eigenvalue weighted by atomic mass is 35.5. The van der Waals surface area contributed by atoms with Crippen molar-refractivity contribution in [2.45, 2.75) is 17.9 Å². The number of likely N-dealkylation sites (N-methyl/N-ethyl adjacent to an activating group) is 1. The number of rotatable bonds is 4. The van der Waals surface area contributed by atoms with Gasteiger partial charge in [0.05, 0.1) is 15.7 Å². The second-order valence-electron chi connectivity index (χ2n) is 8.84. The molecule has 0 aliphatic carbocycles. The Hall–Kier alpha value is -2.43. The van der Waals surface area contributed by atoms with Crippen LogP contribution in [-0.4, -0.2) is 78.4 Å². The lowest BCUT2D eigenvalue weighted by Gasteiger charge is -2.32. The molecule has 1 aromatic heterocycles. The molecular weight excluding hydrogens is 509 g/mol. The molecule has 5 rings (SSSR count). The molecule has 3 heterocycles. The number of aromatic amines is 1. The van der Waals surface area contributed by atoms with E-state index < -0.39 is 10.0 Å². The first-order valence-corrected chi connectivity index (χ1v) is 13.5. The molecule has 2 aromatic carbocycles. The van der Waals surface area contributed by atoms with Gasteiger partial charge in [-0.2, -0.15) is 9.40 Å². The van der Waals surface area contributed by atoms with Crippen LogP contribution in [0.1, 0.15) is 21.6 Å². The Balaban J connectivity index is 1.39. The van der Waals surface area contributed by atoms with Crippen LogP contribution in [0.25, 0.3) is 11.3 Å². The van der Waals surface area contributed by atoms with Crippen LogP contribution in [0.4, 0.5) is 0 Å². The molecule has 35 heavy (non-hydrogen) atoms. The van der Waals surface area contributed by atoms with E-state index in [-0.39, 0.29) is 33.9 Å². The first kappa shape index (κ1) is 24.3. The highest BCUT2D eigenvalue weighted by molar-refractivity contribution is 7.89. The molecule has 184 valence electrons. The fourth-order valence-electron chi connectivity index (χ4n) is 4.54. The quantitative estimate of drug-likeness (QED) is 0.554. The summed E-state index contributed by atoms with van der Waals surface area (Å²) in [6.45, 7) is 3.58. The summed E-state index contributed by atoms with van der Waals surface area (Å²) in [5.74, 6) is 0.0163. The van der Waals surface area contributed by atoms with Crippen LogP contribution in [0.15, 0.2) is 47.4 Å². The summed E-state index contributed by atoms with van der Waals surface area (Å²) >= 11 is 12.4. The van der Waals surface area contributed by atoms with Crippen molar-refractivity contribution < 1.29 is 13.2 Å². The zero-order chi connectivity index (χ0) is 24.7. The van der Waals surface area contributed by atoms with E-state index in [0.29, 0.717) is 30.8 Å². The van der Waals surface area contributed by atoms with E-state index >= 15 is 0 Å². The van der Waals surface area contributed by atoms with E-state index in [9.17, 15) is 13.2 Å². The molecule has 3 aromatic rings. The predicted molar refractivity (Wildman–Crippen MR) is 135 cm³/mol. The number of amides is 1. The fraction of sp³-hybridized carbons (Fsp3) is 0.333. The Labute approximate surface area is 214 Å². The third-order valence-corrected chi connectivity index (χ3v) is 9.41. The minimum absolute atomic E-state index is 0.0163. The van der Waals surface area contributed by atoms with Gasteiger partial charge < -0.3 is 9.80 Å². The molecule has 0 unspecified atom stereocenters. The van der Waals surface area contributed by atoms with Crippen molar-refractivity contribution in [1.82, 2.24) is 24.3 Å². The second-order valence-corrected chi connectivity index (χ2v) is 11.5. The summed E-state index contributed by atoms with van der Waals surface area (Å²) in [6, 6.07) is 12.0. The van der Waals surface area contributed by atoms with Crippen molar-refractivity contribution in [3.63, 3.8) is 0 Å². The summed E-state index contributed by atoms with van der Waals surface area (Å²) in [5.41, 5.74) is 3.81. The fourth-order valence-corrected chi connectivity index (χ4v) is 7.04. The van der Waals surface area contributed by atoms with Gasteiger partial charge in [-0.05, 0) is 31.3 Å². The highest BCUT2D eigenvalue weighted by Gasteiger charge is 2.34. The van der Waals surface area contributed by atoms with Crippen molar-refractivity contribution >= 4 is 39.1 Å². The first-order chi connectivity index (χ1) is 16.8. The summed E-state index contributed by atoms with van der Waals surface area (Å²) in [4.78, 5) is 16.9. The van der Waals surface area contributed by atoms with Crippen molar-refractivity contribution in [3.05, 3.63) is 69.3 Å². The molecule has 8 nitrogen and oxygen atoms in total. The maximum atomic E-state index is 13.4. The molecule has 2 aliphatic rings. The average Bonchev–Trinajstić information content (AvgIpc) is 3.27. The molecule has 0 spiro atoms. The van der Waals surface area contributed by atoms with Gasteiger partial charge in [0.1, 0.15) is 4.90 Å². The lowest BCUT2D eigenvalue weighted by Crippen LogP contribution is -2.47. The molecule has 1 N–H and O–H groups in total. The van der Waals surface area contributed by atoms with Crippen LogP contribution in [0.3, 0.4) is 0 Å². The van der Waals surface area contributed by atoms with Gasteiger partial charge >= 0.3 is 0 Å². The minimum atomic E-state index is -3.90. The molecular formula is C24H25Cl2N5O3S. The standard InChI is InChI=1S/C24H25Cl2N5O3S/c1-29-11-13-30(14-12-29)24(32)17-7-5-16(6-8-17)22-18-15-31(10-9-21(18)27-28-22)35(33,34)23-19(25)3-2-4-20(23)26/h2-8H,9-15H2,1H3,(H,27,28). The number of halogens is 2. The molecule has 1 saturated heterocycles. The lowest BCUT2D eigenvalue weighted by molar-refractivity contribution is 0.0664. The molecule has 11 heteroatoms. The Kier molecular flexibility index (Phi) is 6.63. The number of carbonyl (C=O) groups is 1. The average molecular weight is 534 g/mol. The van der Waals surface area contributed by atoms with Gasteiger partial charge in [-0.3, -0.25) is 9.89 Å². The van der Waals surface area contributed by atoms with E-state index in [1.807, 2.05) is 17.0 Å². The Morgan fingerprint density at radius 1 is 0.971 bits per heavy atom. The second kappa shape index (κ2) is 9.55. The highest BCUT2D eigenvalue weighted by Crippen LogP contribution is 2.35. The van der Waals surface area contributed by atoms with Gasteiger partial charge in [0.25, 0.3) is 5.91 Å². The van der Waals surface area contributed by atoms with Crippen LogP contribution in [0.5, 0.6) is 0 Å². The summed E-state index contributed by atoms with van der Waals surface area (Å²) in [6.07, 6.45) is 0.490. The Morgan fingerprint density at radius 3 is 2.29 bits per heavy atom. The van der Waals surface area contributed by atoms with Crippen LogP contribution in [-0.2, 0) is 23.0 Å². The third kappa shape index (κ3) is 4.59. The number of sulfonamides is 1. The molecule has 1 amide bonds. The van der Waals surface area contributed by atoms with E-state index in [1.165, 1.54) is 16.4 Å². The number of nitrogens with zero attached hydrogens (tertiary/aromatic N) is 4.